The summed E-state index contributed by atoms with van der Waals surface area (Å²) in [4.78, 5) is 30.6. The Balaban J connectivity index is 1.64. The van der Waals surface area contributed by atoms with Gasteiger partial charge in [0.1, 0.15) is 6.04 Å². The second-order valence-corrected chi connectivity index (χ2v) is 15.3. The Bertz CT molecular complexity index is 1680. The quantitative estimate of drug-likeness (QED) is 0.275. The molecule has 3 heterocycles. The maximum atomic E-state index is 14.8. The third-order valence-corrected chi connectivity index (χ3v) is 12.1. The highest BCUT2D eigenvalue weighted by Crippen LogP contribution is 2.67. The number of carbonyl (C=O) groups excluding carboxylic acids is 2. The fourth-order valence-corrected chi connectivity index (χ4v) is 10.5. The van der Waals surface area contributed by atoms with Gasteiger partial charge >= 0.3 is 5.97 Å². The number of ketones is 1. The lowest BCUT2D eigenvalue weighted by atomic mass is 9.47. The van der Waals surface area contributed by atoms with Crippen LogP contribution in [0.15, 0.2) is 53.4 Å². The minimum atomic E-state index is -4.41. The van der Waals surface area contributed by atoms with Gasteiger partial charge in [0.2, 0.25) is 5.60 Å². The smallest absolute Gasteiger partial charge is 0.348 e. The van der Waals surface area contributed by atoms with E-state index in [1.54, 1.807) is 36.4 Å². The predicted molar refractivity (Wildman–Crippen MR) is 152 cm³/mol. The van der Waals surface area contributed by atoms with E-state index in [0.29, 0.717) is 31.5 Å². The highest BCUT2D eigenvalue weighted by molar-refractivity contribution is 7.93. The molecule has 2 saturated heterocycles. The number of methoxy groups -OCH3 is 1. The highest BCUT2D eigenvalue weighted by Gasteiger charge is 2.81. The summed E-state index contributed by atoms with van der Waals surface area (Å²) in [6, 6.07) is 11.0. The number of aryl methyl sites for hydroxylation is 1. The van der Waals surface area contributed by atoms with Gasteiger partial charge in [-0.3, -0.25) is 18.2 Å². The van der Waals surface area contributed by atoms with Crippen molar-refractivity contribution in [3.8, 4) is 0 Å². The van der Waals surface area contributed by atoms with E-state index in [9.17, 15) is 31.5 Å². The average molecular weight is 619 g/mol. The summed E-state index contributed by atoms with van der Waals surface area (Å²) >= 11 is 0. The third-order valence-electron chi connectivity index (χ3n) is 9.74. The van der Waals surface area contributed by atoms with Crippen LogP contribution in [-0.2, 0) is 44.1 Å². The van der Waals surface area contributed by atoms with Crippen molar-refractivity contribution in [2.45, 2.75) is 60.6 Å². The molecule has 3 fully saturated rings. The van der Waals surface area contributed by atoms with Crippen molar-refractivity contribution in [1.82, 2.24) is 4.90 Å². The van der Waals surface area contributed by atoms with Gasteiger partial charge in [-0.05, 0) is 69.5 Å². The van der Waals surface area contributed by atoms with Crippen molar-refractivity contribution in [2.24, 2.45) is 5.41 Å². The number of ether oxygens (including phenoxy) is 1. The molecule has 3 aliphatic heterocycles. The van der Waals surface area contributed by atoms with Gasteiger partial charge in [-0.2, -0.15) is 8.42 Å². The average Bonchev–Trinajstić information content (AvgIpc) is 3.49. The molecule has 4 aliphatic rings. The number of Topliss-reactive ketones (excluding diaryl/α,β-unsaturated/α-hetero) is 1. The molecule has 1 N–H and O–H groups in total. The fraction of sp³-hybridized carbons (Fsp3) is 0.517. The van der Waals surface area contributed by atoms with E-state index in [1.165, 1.54) is 12.1 Å². The van der Waals surface area contributed by atoms with Crippen molar-refractivity contribution < 1.29 is 40.5 Å². The Morgan fingerprint density at radius 3 is 2.38 bits per heavy atom. The number of piperidine rings is 1. The molecule has 0 unspecified atom stereocenters. The van der Waals surface area contributed by atoms with E-state index in [4.69, 9.17) is 8.92 Å². The molecule has 1 aliphatic carbocycles. The van der Waals surface area contributed by atoms with Gasteiger partial charge in [0, 0.05) is 11.5 Å². The number of para-hydroxylation sites is 1. The molecule has 0 bridgehead atoms. The third kappa shape index (κ3) is 3.79. The van der Waals surface area contributed by atoms with Crippen molar-refractivity contribution in [2.75, 3.05) is 37.4 Å². The molecule has 1 spiro atoms. The van der Waals surface area contributed by atoms with Crippen molar-refractivity contribution in [3.05, 3.63) is 59.7 Å². The van der Waals surface area contributed by atoms with Crippen LogP contribution in [0.1, 0.15) is 36.8 Å². The van der Waals surface area contributed by atoms with E-state index in [2.05, 4.69) is 4.90 Å². The first kappa shape index (κ1) is 29.2. The van der Waals surface area contributed by atoms with Gasteiger partial charge in [0.15, 0.2) is 5.78 Å². The normalized spacial score (nSPS) is 32.3. The molecule has 0 radical (unpaired) electrons. The van der Waals surface area contributed by atoms with Gasteiger partial charge in [-0.1, -0.05) is 35.9 Å². The Labute approximate surface area is 245 Å². The summed E-state index contributed by atoms with van der Waals surface area (Å²) in [5, 5.41) is 12.5. The SMILES string of the molecule is COC(=O)[C@@]1(O)C(=O)[C@]2(CCOS(C)(=O)=O)CCCN3CC[C@@]4(c5ccccc5N(S(=O)(=O)c5ccc(C)cc5)[C@@H]14)[C@@H]32. The van der Waals surface area contributed by atoms with E-state index in [1.807, 2.05) is 6.92 Å². The molecule has 5 atom stereocenters. The first-order chi connectivity index (χ1) is 19.7. The fourth-order valence-electron chi connectivity index (χ4n) is 8.35. The topological polar surface area (TPSA) is 148 Å². The number of sulfonamides is 1. The summed E-state index contributed by atoms with van der Waals surface area (Å²) in [7, 11) is -7.20. The minimum Gasteiger partial charge on any atom is -0.466 e. The molecule has 0 amide bonds. The number of rotatable bonds is 7. The van der Waals surface area contributed by atoms with Gasteiger partial charge < -0.3 is 9.84 Å². The zero-order valence-electron chi connectivity index (χ0n) is 23.6. The molecular weight excluding hydrogens is 584 g/mol. The van der Waals surface area contributed by atoms with Crippen molar-refractivity contribution in [3.63, 3.8) is 0 Å². The molecule has 11 nitrogen and oxygen atoms in total. The first-order valence-corrected chi connectivity index (χ1v) is 17.2. The molecule has 2 aromatic rings. The Morgan fingerprint density at radius 1 is 1.02 bits per heavy atom. The molecule has 13 heteroatoms. The standard InChI is InChI=1S/C29H34N2O9S2/c1-19-9-11-20(12-10-19)42(37,38)31-22-8-5-4-7-21(22)28-14-17-30-16-6-13-27(23(28)30,15-18-40-41(3,35)36)25(32)29(34,24(28)31)26(33)39-2/h4-5,7-12,23-24,34H,6,13-18H2,1-3H3/t23-,24+,27-,28+,29-/m0/s1. The summed E-state index contributed by atoms with van der Waals surface area (Å²) < 4.78 is 64.0. The van der Waals surface area contributed by atoms with Crippen LogP contribution >= 0.6 is 0 Å². The van der Waals surface area contributed by atoms with Crippen LogP contribution in [0.3, 0.4) is 0 Å². The molecule has 6 rings (SSSR count). The molecular formula is C29H34N2O9S2. The Hall–Kier alpha value is -2.84. The molecule has 42 heavy (non-hydrogen) atoms. The number of anilines is 1. The van der Waals surface area contributed by atoms with Gasteiger partial charge in [0.25, 0.3) is 20.1 Å². The number of carbonyl (C=O) groups is 2. The highest BCUT2D eigenvalue weighted by atomic mass is 32.2. The zero-order chi connectivity index (χ0) is 30.3. The van der Waals surface area contributed by atoms with Crippen LogP contribution in [0.5, 0.6) is 0 Å². The number of aliphatic hydroxyl groups is 1. The number of nitrogens with zero attached hydrogens (tertiary/aromatic N) is 2. The second kappa shape index (κ2) is 9.58. The van der Waals surface area contributed by atoms with E-state index in [-0.39, 0.29) is 30.0 Å². The van der Waals surface area contributed by atoms with Gasteiger partial charge in [0.05, 0.1) is 36.0 Å². The summed E-state index contributed by atoms with van der Waals surface area (Å²) in [5.74, 6) is -2.12. The van der Waals surface area contributed by atoms with E-state index in [0.717, 1.165) is 23.2 Å². The predicted octanol–water partition coefficient (Wildman–Crippen LogP) is 1.52. The lowest BCUT2D eigenvalue weighted by molar-refractivity contribution is -0.191. The number of fused-ring (bicyclic) bond motifs is 1. The second-order valence-electron chi connectivity index (χ2n) is 11.9. The van der Waals surface area contributed by atoms with Crippen LogP contribution in [0, 0.1) is 12.3 Å². The first-order valence-electron chi connectivity index (χ1n) is 13.9. The number of benzene rings is 2. The van der Waals surface area contributed by atoms with Crippen LogP contribution < -0.4 is 4.31 Å². The van der Waals surface area contributed by atoms with E-state index >= 15 is 0 Å². The lowest BCUT2D eigenvalue weighted by Gasteiger charge is -2.60. The van der Waals surface area contributed by atoms with Crippen LogP contribution in [-0.4, -0.2) is 89.3 Å². The van der Waals surface area contributed by atoms with E-state index < -0.39 is 60.4 Å². The van der Waals surface area contributed by atoms with Crippen LogP contribution in [0.2, 0.25) is 0 Å². The summed E-state index contributed by atoms with van der Waals surface area (Å²) in [6.45, 7) is 2.62. The number of hydrogen-bond acceptors (Lipinski definition) is 10. The maximum absolute atomic E-state index is 14.8. The molecule has 0 aromatic heterocycles. The largest absolute Gasteiger partial charge is 0.466 e. The van der Waals surface area contributed by atoms with Gasteiger partial charge in [-0.15, -0.1) is 0 Å². The minimum absolute atomic E-state index is 0.0449. The molecule has 226 valence electrons. The molecule has 1 saturated carbocycles. The van der Waals surface area contributed by atoms with Crippen LogP contribution in [0.4, 0.5) is 5.69 Å². The molecule has 2 aromatic carbocycles. The number of esters is 1. The monoisotopic (exact) mass is 618 g/mol. The van der Waals surface area contributed by atoms with Crippen molar-refractivity contribution >= 4 is 37.6 Å². The summed E-state index contributed by atoms with van der Waals surface area (Å²) in [5.41, 5.74) is -3.73. The van der Waals surface area contributed by atoms with Gasteiger partial charge in [-0.25, -0.2) is 13.2 Å². The zero-order valence-corrected chi connectivity index (χ0v) is 25.3. The van der Waals surface area contributed by atoms with Crippen LogP contribution in [0.25, 0.3) is 0 Å². The maximum Gasteiger partial charge on any atom is 0.348 e. The number of hydrogen-bond donors (Lipinski definition) is 1. The van der Waals surface area contributed by atoms with Crippen molar-refractivity contribution in [1.29, 1.82) is 0 Å². The lowest BCUT2D eigenvalue weighted by Crippen LogP contribution is -2.80. The summed E-state index contributed by atoms with van der Waals surface area (Å²) in [6.07, 6.45) is 2.02. The Kier molecular flexibility index (Phi) is 6.67. The Morgan fingerprint density at radius 2 is 1.71 bits per heavy atom.